The predicted octanol–water partition coefficient (Wildman–Crippen LogP) is 3.44. The molecule has 0 unspecified atom stereocenters. The summed E-state index contributed by atoms with van der Waals surface area (Å²) in [5, 5.41) is 2.88. The van der Waals surface area contributed by atoms with Crippen molar-refractivity contribution in [1.29, 1.82) is 0 Å². The van der Waals surface area contributed by atoms with Crippen molar-refractivity contribution in [1.82, 2.24) is 5.32 Å². The molecule has 0 aliphatic heterocycles. The molecule has 5 heteroatoms. The first-order valence-electron chi connectivity index (χ1n) is 8.59. The van der Waals surface area contributed by atoms with Crippen LogP contribution in [0.2, 0.25) is 0 Å². The number of hydrogen-bond acceptors (Lipinski definition) is 4. The highest BCUT2D eigenvalue weighted by molar-refractivity contribution is 5.89. The Balaban J connectivity index is 1.42. The molecule has 0 saturated heterocycles. The quantitative estimate of drug-likeness (QED) is 0.783. The van der Waals surface area contributed by atoms with Gasteiger partial charge in [0.15, 0.2) is 0 Å². The Bertz CT molecular complexity index is 747. The van der Waals surface area contributed by atoms with Gasteiger partial charge in [0, 0.05) is 25.3 Å². The van der Waals surface area contributed by atoms with Crippen LogP contribution in [0.1, 0.15) is 53.1 Å². The summed E-state index contributed by atoms with van der Waals surface area (Å²) >= 11 is 0. The Morgan fingerprint density at radius 1 is 1.20 bits per heavy atom. The van der Waals surface area contributed by atoms with Crippen molar-refractivity contribution in [2.75, 3.05) is 7.11 Å². The number of rotatable bonds is 7. The number of furan rings is 1. The number of methoxy groups -OCH3 is 1. The van der Waals surface area contributed by atoms with Gasteiger partial charge in [0.25, 0.3) is 0 Å². The Hall–Kier alpha value is -2.56. The van der Waals surface area contributed by atoms with E-state index in [1.54, 1.807) is 12.1 Å². The molecule has 25 heavy (non-hydrogen) atoms. The fraction of sp³-hybridized carbons (Fsp3) is 0.400. The van der Waals surface area contributed by atoms with E-state index in [0.29, 0.717) is 36.8 Å². The molecule has 0 spiro atoms. The molecule has 2 atom stereocenters. The topological polar surface area (TPSA) is 68.5 Å². The number of amides is 1. The number of hydrogen-bond donors (Lipinski definition) is 1. The summed E-state index contributed by atoms with van der Waals surface area (Å²) in [6, 6.07) is 11.0. The summed E-state index contributed by atoms with van der Waals surface area (Å²) in [4.78, 5) is 23.4. The van der Waals surface area contributed by atoms with Crippen molar-refractivity contribution in [3.05, 3.63) is 59.0 Å². The number of aryl methyl sites for hydroxylation is 1. The summed E-state index contributed by atoms with van der Waals surface area (Å²) in [7, 11) is 1.35. The van der Waals surface area contributed by atoms with E-state index < -0.39 is 0 Å². The second-order valence-electron chi connectivity index (χ2n) is 6.59. The molecule has 1 saturated carbocycles. The SMILES string of the molecule is COC(=O)c1ccc(CNC(=O)CCc2ccc([C@@H]3C[C@H]3C)o2)cc1. The van der Waals surface area contributed by atoms with Crippen LogP contribution < -0.4 is 5.32 Å². The van der Waals surface area contributed by atoms with Crippen LogP contribution in [0.15, 0.2) is 40.8 Å². The van der Waals surface area contributed by atoms with Crippen LogP contribution in [0, 0.1) is 5.92 Å². The summed E-state index contributed by atoms with van der Waals surface area (Å²) in [5.41, 5.74) is 1.43. The van der Waals surface area contributed by atoms with Crippen LogP contribution in [-0.2, 0) is 22.5 Å². The van der Waals surface area contributed by atoms with E-state index in [4.69, 9.17) is 4.42 Å². The average Bonchev–Trinajstić information content (AvgIpc) is 3.18. The van der Waals surface area contributed by atoms with Crippen molar-refractivity contribution < 1.29 is 18.7 Å². The zero-order valence-corrected chi connectivity index (χ0v) is 14.6. The Kier molecular flexibility index (Phi) is 5.22. The summed E-state index contributed by atoms with van der Waals surface area (Å²) in [6.45, 7) is 2.65. The minimum absolute atomic E-state index is 0.0187. The molecule has 1 N–H and O–H groups in total. The highest BCUT2D eigenvalue weighted by Gasteiger charge is 2.36. The molecule has 0 radical (unpaired) electrons. The molecule has 5 nitrogen and oxygen atoms in total. The van der Waals surface area contributed by atoms with Crippen LogP contribution in [0.4, 0.5) is 0 Å². The summed E-state index contributed by atoms with van der Waals surface area (Å²) < 4.78 is 10.5. The second kappa shape index (κ2) is 7.55. The van der Waals surface area contributed by atoms with E-state index in [2.05, 4.69) is 17.0 Å². The first-order valence-corrected chi connectivity index (χ1v) is 8.59. The fourth-order valence-corrected chi connectivity index (χ4v) is 2.85. The van der Waals surface area contributed by atoms with E-state index >= 15 is 0 Å². The minimum Gasteiger partial charge on any atom is -0.466 e. The zero-order valence-electron chi connectivity index (χ0n) is 14.6. The van der Waals surface area contributed by atoms with Gasteiger partial charge in [-0.05, 0) is 42.2 Å². The van der Waals surface area contributed by atoms with Gasteiger partial charge in [0.1, 0.15) is 11.5 Å². The lowest BCUT2D eigenvalue weighted by Crippen LogP contribution is -2.23. The van der Waals surface area contributed by atoms with Crippen LogP contribution in [0.3, 0.4) is 0 Å². The van der Waals surface area contributed by atoms with E-state index in [0.717, 1.165) is 17.1 Å². The van der Waals surface area contributed by atoms with E-state index in [-0.39, 0.29) is 11.9 Å². The Morgan fingerprint density at radius 3 is 2.56 bits per heavy atom. The summed E-state index contributed by atoms with van der Waals surface area (Å²) in [5.74, 6) is 2.81. The van der Waals surface area contributed by atoms with Gasteiger partial charge in [0.05, 0.1) is 12.7 Å². The molecule has 132 valence electrons. The maximum atomic E-state index is 12.0. The largest absolute Gasteiger partial charge is 0.466 e. The smallest absolute Gasteiger partial charge is 0.337 e. The fourth-order valence-electron chi connectivity index (χ4n) is 2.85. The molecule has 3 rings (SSSR count). The van der Waals surface area contributed by atoms with E-state index in [9.17, 15) is 9.59 Å². The third-order valence-corrected chi connectivity index (χ3v) is 4.62. The molecule has 1 aromatic heterocycles. The maximum Gasteiger partial charge on any atom is 0.337 e. The number of nitrogens with one attached hydrogen (secondary N) is 1. The predicted molar refractivity (Wildman–Crippen MR) is 93.2 cm³/mol. The molecule has 1 aliphatic rings. The number of benzene rings is 1. The van der Waals surface area contributed by atoms with E-state index in [1.807, 2.05) is 24.3 Å². The number of carbonyl (C=O) groups is 2. The molecule has 2 aromatic rings. The molecule has 0 bridgehead atoms. The lowest BCUT2D eigenvalue weighted by molar-refractivity contribution is -0.121. The number of ether oxygens (including phenoxy) is 1. The normalized spacial score (nSPS) is 18.6. The highest BCUT2D eigenvalue weighted by atomic mass is 16.5. The van der Waals surface area contributed by atoms with Crippen LogP contribution in [-0.4, -0.2) is 19.0 Å². The van der Waals surface area contributed by atoms with Gasteiger partial charge in [0.2, 0.25) is 5.91 Å². The second-order valence-corrected chi connectivity index (χ2v) is 6.59. The lowest BCUT2D eigenvalue weighted by atomic mass is 10.1. The van der Waals surface area contributed by atoms with Gasteiger partial charge < -0.3 is 14.5 Å². The maximum absolute atomic E-state index is 12.0. The standard InChI is InChI=1S/C20H23NO4/c1-13-11-17(13)18-9-7-16(25-18)8-10-19(22)21-12-14-3-5-15(6-4-14)20(23)24-2/h3-7,9,13,17H,8,10-12H2,1-2H3,(H,21,22)/t13-,17-/m1/s1. The highest BCUT2D eigenvalue weighted by Crippen LogP contribution is 2.47. The van der Waals surface area contributed by atoms with Crippen LogP contribution in [0.25, 0.3) is 0 Å². The van der Waals surface area contributed by atoms with Crippen molar-refractivity contribution >= 4 is 11.9 Å². The number of carbonyl (C=O) groups excluding carboxylic acids is 2. The minimum atomic E-state index is -0.367. The summed E-state index contributed by atoms with van der Waals surface area (Å²) in [6.07, 6.45) is 2.20. The lowest BCUT2D eigenvalue weighted by Gasteiger charge is -2.06. The van der Waals surface area contributed by atoms with Gasteiger partial charge in [-0.15, -0.1) is 0 Å². The molecule has 1 fully saturated rings. The van der Waals surface area contributed by atoms with Crippen LogP contribution in [0.5, 0.6) is 0 Å². The van der Waals surface area contributed by atoms with Crippen molar-refractivity contribution in [3.63, 3.8) is 0 Å². The molecule has 1 heterocycles. The first kappa shape index (κ1) is 17.3. The van der Waals surface area contributed by atoms with Gasteiger partial charge in [-0.2, -0.15) is 0 Å². The molecular formula is C20H23NO4. The first-order chi connectivity index (χ1) is 12.1. The Morgan fingerprint density at radius 2 is 1.92 bits per heavy atom. The van der Waals surface area contributed by atoms with Crippen molar-refractivity contribution in [3.8, 4) is 0 Å². The third-order valence-electron chi connectivity index (χ3n) is 4.62. The van der Waals surface area contributed by atoms with Crippen LogP contribution >= 0.6 is 0 Å². The van der Waals surface area contributed by atoms with Gasteiger partial charge >= 0.3 is 5.97 Å². The molecule has 1 aliphatic carbocycles. The zero-order chi connectivity index (χ0) is 17.8. The van der Waals surface area contributed by atoms with Gasteiger partial charge in [-0.3, -0.25) is 4.79 Å². The third kappa shape index (κ3) is 4.50. The molecule has 1 amide bonds. The van der Waals surface area contributed by atoms with E-state index in [1.165, 1.54) is 13.5 Å². The Labute approximate surface area is 147 Å². The monoisotopic (exact) mass is 341 g/mol. The van der Waals surface area contributed by atoms with Crippen molar-refractivity contribution in [2.45, 2.75) is 38.6 Å². The molecule has 1 aromatic carbocycles. The number of esters is 1. The average molecular weight is 341 g/mol. The molecular weight excluding hydrogens is 318 g/mol. The van der Waals surface area contributed by atoms with Gasteiger partial charge in [-0.1, -0.05) is 19.1 Å². The van der Waals surface area contributed by atoms with Crippen molar-refractivity contribution in [2.24, 2.45) is 5.92 Å². The van der Waals surface area contributed by atoms with Gasteiger partial charge in [-0.25, -0.2) is 4.79 Å².